The summed E-state index contributed by atoms with van der Waals surface area (Å²) in [6, 6.07) is 19.0. The number of aromatic nitrogens is 3. The Labute approximate surface area is 294 Å². The van der Waals surface area contributed by atoms with Gasteiger partial charge in [0.25, 0.3) is 11.8 Å². The van der Waals surface area contributed by atoms with E-state index in [0.717, 1.165) is 37.7 Å². The van der Waals surface area contributed by atoms with Crippen LogP contribution < -0.4 is 4.90 Å². The lowest BCUT2D eigenvalue weighted by Gasteiger charge is -2.40. The van der Waals surface area contributed by atoms with Crippen LogP contribution in [0.2, 0.25) is 5.02 Å². The molecule has 258 valence electrons. The van der Waals surface area contributed by atoms with Crippen molar-refractivity contribution in [2.45, 2.75) is 25.9 Å². The first-order valence-corrected chi connectivity index (χ1v) is 16.9. The van der Waals surface area contributed by atoms with Gasteiger partial charge >= 0.3 is 0 Å². The van der Waals surface area contributed by atoms with Crippen molar-refractivity contribution in [2.75, 3.05) is 37.7 Å². The number of amides is 2. The van der Waals surface area contributed by atoms with Crippen molar-refractivity contribution in [1.29, 1.82) is 0 Å². The van der Waals surface area contributed by atoms with Crippen molar-refractivity contribution in [1.82, 2.24) is 24.1 Å². The summed E-state index contributed by atoms with van der Waals surface area (Å²) in [6.45, 7) is 6.01. The molecule has 1 saturated heterocycles. The van der Waals surface area contributed by atoms with Crippen LogP contribution in [0.15, 0.2) is 79.1 Å². The molecule has 1 N–H and O–H groups in total. The van der Waals surface area contributed by atoms with Gasteiger partial charge in [-0.05, 0) is 60.9 Å². The Kier molecular flexibility index (Phi) is 9.21. The van der Waals surface area contributed by atoms with Crippen LogP contribution in [0.1, 0.15) is 37.5 Å². The highest BCUT2D eigenvalue weighted by molar-refractivity contribution is 6.31. The van der Waals surface area contributed by atoms with E-state index in [1.165, 1.54) is 28.8 Å². The van der Waals surface area contributed by atoms with Crippen molar-refractivity contribution in [2.24, 2.45) is 14.1 Å². The fourth-order valence-corrected chi connectivity index (χ4v) is 7.15. The maximum atomic E-state index is 14.7. The van der Waals surface area contributed by atoms with Gasteiger partial charge in [0.15, 0.2) is 11.6 Å². The largest absolute Gasteiger partial charge is 0.505 e. The number of benzene rings is 3. The predicted octanol–water partition coefficient (Wildman–Crippen LogP) is 6.11. The van der Waals surface area contributed by atoms with Crippen LogP contribution >= 0.6 is 11.6 Å². The van der Waals surface area contributed by atoms with Gasteiger partial charge in [-0.25, -0.2) is 4.39 Å². The molecule has 2 aliphatic heterocycles. The molecule has 0 spiro atoms. The number of hydrogen-bond donors (Lipinski definition) is 1. The van der Waals surface area contributed by atoms with Crippen molar-refractivity contribution < 1.29 is 23.8 Å². The summed E-state index contributed by atoms with van der Waals surface area (Å²) in [6.07, 6.45) is 3.91. The predicted molar refractivity (Wildman–Crippen MR) is 189 cm³/mol. The van der Waals surface area contributed by atoms with Crippen LogP contribution in [-0.4, -0.2) is 80.0 Å². The number of morpholine rings is 1. The van der Waals surface area contributed by atoms with Gasteiger partial charge in [-0.1, -0.05) is 35.9 Å². The van der Waals surface area contributed by atoms with Gasteiger partial charge in [0.1, 0.15) is 0 Å². The number of rotatable bonds is 7. The van der Waals surface area contributed by atoms with E-state index in [-0.39, 0.29) is 17.6 Å². The first-order chi connectivity index (χ1) is 24.1. The Bertz CT molecular complexity index is 2090. The second-order valence-corrected chi connectivity index (χ2v) is 13.3. The zero-order valence-corrected chi connectivity index (χ0v) is 28.9. The van der Waals surface area contributed by atoms with Gasteiger partial charge < -0.3 is 19.3 Å². The molecule has 1 fully saturated rings. The zero-order valence-electron chi connectivity index (χ0n) is 28.1. The first kappa shape index (κ1) is 33.5. The quantitative estimate of drug-likeness (QED) is 0.221. The second kappa shape index (κ2) is 13.7. The molecular formula is C38H38ClFN6O4. The molecule has 2 aromatic heterocycles. The molecule has 0 radical (unpaired) electrons. The number of nitrogens with zero attached hydrogens (tertiary/aromatic N) is 6. The SMILES string of the molecule is Cc1c(C(=O)N(c2ccc(O)c(F)c2)c2cnn(C)c2)cc(-c2cc(Cl)ccc2C(=O)N2Cc3ccccc3C[C@H]2CN2CCOCC2)n1C. The molecular weight excluding hydrogens is 659 g/mol. The third-order valence-electron chi connectivity index (χ3n) is 9.78. The Morgan fingerprint density at radius 3 is 2.48 bits per heavy atom. The molecule has 0 bridgehead atoms. The van der Waals surface area contributed by atoms with E-state index in [0.29, 0.717) is 58.5 Å². The minimum absolute atomic E-state index is 0.0509. The van der Waals surface area contributed by atoms with E-state index in [9.17, 15) is 19.1 Å². The zero-order chi connectivity index (χ0) is 35.1. The van der Waals surface area contributed by atoms with Gasteiger partial charge in [0, 0.05) is 86.1 Å². The number of carbonyl (C=O) groups is 2. The fourth-order valence-electron chi connectivity index (χ4n) is 6.98. The summed E-state index contributed by atoms with van der Waals surface area (Å²) in [5, 5.41) is 14.5. The smallest absolute Gasteiger partial charge is 0.264 e. The summed E-state index contributed by atoms with van der Waals surface area (Å²) < 4.78 is 23.6. The molecule has 0 saturated carbocycles. The van der Waals surface area contributed by atoms with Crippen LogP contribution in [0.5, 0.6) is 5.75 Å². The van der Waals surface area contributed by atoms with E-state index < -0.39 is 17.5 Å². The number of aromatic hydroxyl groups is 1. The highest BCUT2D eigenvalue weighted by Crippen LogP contribution is 2.36. The molecule has 4 heterocycles. The number of ether oxygens (including phenoxy) is 1. The van der Waals surface area contributed by atoms with Crippen molar-refractivity contribution in [3.63, 3.8) is 0 Å². The molecule has 2 amide bonds. The molecule has 3 aromatic carbocycles. The van der Waals surface area contributed by atoms with Gasteiger partial charge in [0.05, 0.1) is 36.3 Å². The lowest BCUT2D eigenvalue weighted by atomic mass is 9.92. The van der Waals surface area contributed by atoms with Crippen LogP contribution in [-0.2, 0) is 31.8 Å². The van der Waals surface area contributed by atoms with E-state index in [2.05, 4.69) is 22.1 Å². The Morgan fingerprint density at radius 2 is 1.76 bits per heavy atom. The molecule has 12 heteroatoms. The van der Waals surface area contributed by atoms with Gasteiger partial charge in [-0.15, -0.1) is 0 Å². The highest BCUT2D eigenvalue weighted by Gasteiger charge is 2.34. The highest BCUT2D eigenvalue weighted by atomic mass is 35.5. The number of carbonyl (C=O) groups excluding carboxylic acids is 2. The van der Waals surface area contributed by atoms with Crippen LogP contribution in [0.4, 0.5) is 15.8 Å². The average Bonchev–Trinajstić information content (AvgIpc) is 3.67. The minimum Gasteiger partial charge on any atom is -0.505 e. The number of aryl methyl sites for hydroxylation is 1. The Balaban J connectivity index is 1.28. The van der Waals surface area contributed by atoms with E-state index in [4.69, 9.17) is 16.3 Å². The maximum Gasteiger partial charge on any atom is 0.264 e. The molecule has 7 rings (SSSR count). The minimum atomic E-state index is -0.857. The summed E-state index contributed by atoms with van der Waals surface area (Å²) in [4.78, 5) is 34.8. The van der Waals surface area contributed by atoms with Crippen LogP contribution in [0.25, 0.3) is 11.3 Å². The summed E-state index contributed by atoms with van der Waals surface area (Å²) in [5.74, 6) is -1.93. The van der Waals surface area contributed by atoms with Gasteiger partial charge in [-0.2, -0.15) is 5.10 Å². The Morgan fingerprint density at radius 1 is 1.00 bits per heavy atom. The van der Waals surface area contributed by atoms with Crippen molar-refractivity contribution >= 4 is 34.8 Å². The first-order valence-electron chi connectivity index (χ1n) is 16.5. The summed E-state index contributed by atoms with van der Waals surface area (Å²) >= 11 is 6.59. The topological polar surface area (TPSA) is 96.1 Å². The number of halogens is 2. The molecule has 2 aliphatic rings. The number of phenols is 1. The lowest BCUT2D eigenvalue weighted by molar-refractivity contribution is 0.0193. The summed E-state index contributed by atoms with van der Waals surface area (Å²) in [5.41, 5.74) is 5.69. The molecule has 5 aromatic rings. The molecule has 50 heavy (non-hydrogen) atoms. The van der Waals surface area contributed by atoms with Gasteiger partial charge in [0.2, 0.25) is 0 Å². The maximum absolute atomic E-state index is 14.7. The Hall–Kier alpha value is -4.97. The number of anilines is 2. The van der Waals surface area contributed by atoms with Crippen LogP contribution in [0.3, 0.4) is 0 Å². The molecule has 0 aliphatic carbocycles. The third-order valence-corrected chi connectivity index (χ3v) is 10.0. The van der Waals surface area contributed by atoms with Gasteiger partial charge in [-0.3, -0.25) is 24.1 Å². The standard InChI is InChI=1S/C38H38ClFN6O4/c1-24-32(38(49)46(30-20-41-42(2)22-30)28-9-11-36(47)34(40)18-28)19-35(43(24)3)33-17-27(39)8-10-31(33)37(48)45-21-26-7-5-4-6-25(26)16-29(45)23-44-12-14-50-15-13-44/h4-11,17-20,22,29,47H,12-16,21,23H2,1-3H3/t29-/m0/s1. The fraction of sp³-hybridized carbons (Fsp3) is 0.289. The van der Waals surface area contributed by atoms with E-state index in [1.807, 2.05) is 35.6 Å². The third kappa shape index (κ3) is 6.39. The number of phenolic OH excluding ortho intramolecular Hbond substituents is 1. The van der Waals surface area contributed by atoms with Crippen molar-refractivity contribution in [3.8, 4) is 17.0 Å². The summed E-state index contributed by atoms with van der Waals surface area (Å²) in [7, 11) is 3.56. The van der Waals surface area contributed by atoms with E-state index in [1.54, 1.807) is 42.2 Å². The number of hydrogen-bond acceptors (Lipinski definition) is 6. The monoisotopic (exact) mass is 696 g/mol. The van der Waals surface area contributed by atoms with E-state index >= 15 is 0 Å². The molecule has 10 nitrogen and oxygen atoms in total. The van der Waals surface area contributed by atoms with Crippen molar-refractivity contribution in [3.05, 3.63) is 118 Å². The molecule has 0 unspecified atom stereocenters. The number of fused-ring (bicyclic) bond motifs is 1. The second-order valence-electron chi connectivity index (χ2n) is 12.9. The van der Waals surface area contributed by atoms with Crippen LogP contribution in [0, 0.1) is 12.7 Å². The average molecular weight is 697 g/mol. The normalized spacial score (nSPS) is 16.3. The lowest BCUT2D eigenvalue weighted by Crippen LogP contribution is -2.52. The molecule has 1 atom stereocenters.